The molecule has 1 amide bonds. The fourth-order valence-electron chi connectivity index (χ4n) is 4.03. The van der Waals surface area contributed by atoms with Gasteiger partial charge in [0, 0.05) is 11.3 Å². The number of benzene rings is 3. The van der Waals surface area contributed by atoms with Crippen LogP contribution in [0.3, 0.4) is 0 Å². The zero-order valence-electron chi connectivity index (χ0n) is 21.7. The first-order valence-electron chi connectivity index (χ1n) is 11.7. The van der Waals surface area contributed by atoms with Gasteiger partial charge in [-0.25, -0.2) is 8.42 Å². The van der Waals surface area contributed by atoms with Gasteiger partial charge in [0.15, 0.2) is 0 Å². The molecule has 0 spiro atoms. The fraction of sp³-hybridized carbons (Fsp3) is 0.321. The Morgan fingerprint density at radius 2 is 1.58 bits per heavy atom. The van der Waals surface area contributed by atoms with Crippen LogP contribution in [0.1, 0.15) is 70.9 Å². The predicted octanol–water partition coefficient (Wildman–Crippen LogP) is 6.69. The lowest BCUT2D eigenvalue weighted by molar-refractivity contribution is 0.0939. The van der Waals surface area contributed by atoms with Crippen molar-refractivity contribution in [3.63, 3.8) is 0 Å². The molecule has 0 radical (unpaired) electrons. The van der Waals surface area contributed by atoms with Crippen LogP contribution in [0.2, 0.25) is 5.02 Å². The number of carbonyl (C=O) groups excluding carboxylic acids is 1. The Bertz CT molecular complexity index is 1400. The molecule has 8 heteroatoms. The Hall–Kier alpha value is -3.03. The summed E-state index contributed by atoms with van der Waals surface area (Å²) in [6.07, 6.45) is 0. The summed E-state index contributed by atoms with van der Waals surface area (Å²) in [6, 6.07) is 13.2. The zero-order chi connectivity index (χ0) is 26.8. The summed E-state index contributed by atoms with van der Waals surface area (Å²) in [5, 5.41) is 3.01. The van der Waals surface area contributed by atoms with Crippen LogP contribution in [0, 0.1) is 20.8 Å². The molecule has 0 saturated heterocycles. The van der Waals surface area contributed by atoms with Crippen molar-refractivity contribution in [1.29, 1.82) is 0 Å². The van der Waals surface area contributed by atoms with Crippen molar-refractivity contribution in [3.05, 3.63) is 86.9 Å². The summed E-state index contributed by atoms with van der Waals surface area (Å²) < 4.78 is 34.3. The second kappa shape index (κ2) is 10.9. The van der Waals surface area contributed by atoms with E-state index in [0.717, 1.165) is 33.6 Å². The van der Waals surface area contributed by atoms with Crippen LogP contribution in [-0.4, -0.2) is 21.4 Å². The quantitative estimate of drug-likeness (QED) is 0.341. The highest BCUT2D eigenvalue weighted by atomic mass is 35.5. The summed E-state index contributed by atoms with van der Waals surface area (Å²) in [7, 11) is -2.37. The highest BCUT2D eigenvalue weighted by molar-refractivity contribution is 7.92. The molecule has 2 N–H and O–H groups in total. The predicted molar refractivity (Wildman–Crippen MR) is 146 cm³/mol. The molecule has 0 aliphatic rings. The second-order valence-corrected chi connectivity index (χ2v) is 11.4. The number of rotatable bonds is 8. The van der Waals surface area contributed by atoms with E-state index in [4.69, 9.17) is 16.3 Å². The third kappa shape index (κ3) is 6.02. The van der Waals surface area contributed by atoms with Gasteiger partial charge in [0.2, 0.25) is 0 Å². The van der Waals surface area contributed by atoms with E-state index < -0.39 is 15.9 Å². The first-order valence-corrected chi connectivity index (χ1v) is 13.6. The number of aryl methyl sites for hydroxylation is 3. The van der Waals surface area contributed by atoms with E-state index in [9.17, 15) is 13.2 Å². The molecule has 0 heterocycles. The highest BCUT2D eigenvalue weighted by Crippen LogP contribution is 2.32. The van der Waals surface area contributed by atoms with Gasteiger partial charge in [0.05, 0.1) is 18.2 Å². The van der Waals surface area contributed by atoms with E-state index >= 15 is 0 Å². The van der Waals surface area contributed by atoms with Gasteiger partial charge in [-0.15, -0.1) is 0 Å². The standard InChI is InChI=1S/C28H33ClN2O4S/c1-16(2)23-15-24(19(5)13-26(23)35-7)20(6)30-28(32)21-9-11-25(29)27(14-21)36(33,34)31-22-10-8-17(3)18(4)12-22/h8-16,20,31H,1-7H3,(H,30,32)/t20-/m1/s1. The Kier molecular flexibility index (Phi) is 8.37. The summed E-state index contributed by atoms with van der Waals surface area (Å²) in [5.41, 5.74) is 5.63. The maximum Gasteiger partial charge on any atom is 0.263 e. The lowest BCUT2D eigenvalue weighted by Crippen LogP contribution is -2.27. The van der Waals surface area contributed by atoms with Gasteiger partial charge in [-0.05, 0) is 104 Å². The number of amides is 1. The fourth-order valence-corrected chi connectivity index (χ4v) is 5.61. The normalized spacial score (nSPS) is 12.4. The number of sulfonamides is 1. The number of halogens is 1. The van der Waals surface area contributed by atoms with Crippen LogP contribution in [-0.2, 0) is 10.0 Å². The monoisotopic (exact) mass is 528 g/mol. The number of hydrogen-bond acceptors (Lipinski definition) is 4. The lowest BCUT2D eigenvalue weighted by Gasteiger charge is -2.21. The molecule has 0 unspecified atom stereocenters. The van der Waals surface area contributed by atoms with Crippen LogP contribution < -0.4 is 14.8 Å². The number of carbonyl (C=O) groups is 1. The molecule has 0 aliphatic carbocycles. The molecule has 0 aromatic heterocycles. The van der Waals surface area contributed by atoms with Crippen molar-refractivity contribution < 1.29 is 17.9 Å². The third-order valence-electron chi connectivity index (χ3n) is 6.30. The number of ether oxygens (including phenoxy) is 1. The van der Waals surface area contributed by atoms with E-state index in [1.54, 1.807) is 19.2 Å². The molecule has 0 bridgehead atoms. The zero-order valence-corrected chi connectivity index (χ0v) is 23.3. The van der Waals surface area contributed by atoms with E-state index in [0.29, 0.717) is 5.69 Å². The summed E-state index contributed by atoms with van der Waals surface area (Å²) >= 11 is 6.24. The highest BCUT2D eigenvalue weighted by Gasteiger charge is 2.22. The SMILES string of the molecule is COc1cc(C)c([C@@H](C)NC(=O)c2ccc(Cl)c(S(=O)(=O)Nc3ccc(C)c(C)c3)c2)cc1C(C)C. The first kappa shape index (κ1) is 27.6. The first-order chi connectivity index (χ1) is 16.8. The van der Waals surface area contributed by atoms with Crippen molar-refractivity contribution in [1.82, 2.24) is 5.32 Å². The number of nitrogens with one attached hydrogen (secondary N) is 2. The Balaban J connectivity index is 1.87. The number of hydrogen-bond donors (Lipinski definition) is 2. The van der Waals surface area contributed by atoms with Crippen LogP contribution in [0.15, 0.2) is 53.4 Å². The molecule has 36 heavy (non-hydrogen) atoms. The van der Waals surface area contributed by atoms with Gasteiger partial charge in [0.25, 0.3) is 15.9 Å². The molecular formula is C28H33ClN2O4S. The lowest BCUT2D eigenvalue weighted by atomic mass is 9.93. The van der Waals surface area contributed by atoms with Crippen LogP contribution in [0.25, 0.3) is 0 Å². The van der Waals surface area contributed by atoms with Crippen LogP contribution >= 0.6 is 11.6 Å². The Morgan fingerprint density at radius 1 is 0.889 bits per heavy atom. The van der Waals surface area contributed by atoms with E-state index in [2.05, 4.69) is 30.0 Å². The minimum Gasteiger partial charge on any atom is -0.496 e. The molecule has 0 aliphatic heterocycles. The second-order valence-electron chi connectivity index (χ2n) is 9.35. The van der Waals surface area contributed by atoms with Gasteiger partial charge in [-0.2, -0.15) is 0 Å². The molecule has 3 aromatic rings. The van der Waals surface area contributed by atoms with Crippen LogP contribution in [0.4, 0.5) is 5.69 Å². The van der Waals surface area contributed by atoms with Crippen LogP contribution in [0.5, 0.6) is 5.75 Å². The maximum absolute atomic E-state index is 13.1. The van der Waals surface area contributed by atoms with Crippen molar-refractivity contribution in [2.75, 3.05) is 11.8 Å². The van der Waals surface area contributed by atoms with E-state index in [1.807, 2.05) is 39.8 Å². The topological polar surface area (TPSA) is 84.5 Å². The summed E-state index contributed by atoms with van der Waals surface area (Å²) in [5.74, 6) is 0.660. The largest absolute Gasteiger partial charge is 0.496 e. The van der Waals surface area contributed by atoms with Gasteiger partial charge in [-0.3, -0.25) is 9.52 Å². The Morgan fingerprint density at radius 3 is 2.19 bits per heavy atom. The van der Waals surface area contributed by atoms with Crippen molar-refractivity contribution in [3.8, 4) is 5.75 Å². The third-order valence-corrected chi connectivity index (χ3v) is 8.16. The van der Waals surface area contributed by atoms with Gasteiger partial charge in [0.1, 0.15) is 10.6 Å². The summed E-state index contributed by atoms with van der Waals surface area (Å²) in [6.45, 7) is 11.9. The molecule has 3 rings (SSSR count). The van der Waals surface area contributed by atoms with Gasteiger partial charge in [-0.1, -0.05) is 31.5 Å². The molecule has 6 nitrogen and oxygen atoms in total. The summed E-state index contributed by atoms with van der Waals surface area (Å²) in [4.78, 5) is 13.0. The minimum atomic E-state index is -4.02. The average molecular weight is 529 g/mol. The minimum absolute atomic E-state index is 0.0310. The maximum atomic E-state index is 13.1. The molecule has 0 fully saturated rings. The molecule has 192 valence electrons. The molecule has 0 saturated carbocycles. The van der Waals surface area contributed by atoms with Gasteiger partial charge < -0.3 is 10.1 Å². The molecule has 3 aromatic carbocycles. The van der Waals surface area contributed by atoms with E-state index in [1.165, 1.54) is 18.2 Å². The number of anilines is 1. The Labute approximate surface area is 219 Å². The molecule has 1 atom stereocenters. The van der Waals surface area contributed by atoms with Crippen molar-refractivity contribution in [2.24, 2.45) is 0 Å². The van der Waals surface area contributed by atoms with E-state index in [-0.39, 0.29) is 27.4 Å². The van der Waals surface area contributed by atoms with Crippen molar-refractivity contribution >= 4 is 33.2 Å². The average Bonchev–Trinajstić information content (AvgIpc) is 2.80. The molecular weight excluding hydrogens is 496 g/mol. The smallest absolute Gasteiger partial charge is 0.263 e. The van der Waals surface area contributed by atoms with Gasteiger partial charge >= 0.3 is 0 Å². The number of methoxy groups -OCH3 is 1. The van der Waals surface area contributed by atoms with Crippen molar-refractivity contribution in [2.45, 2.75) is 58.4 Å².